The van der Waals surface area contributed by atoms with Gasteiger partial charge in [-0.05, 0) is 37.1 Å². The number of amides is 1. The van der Waals surface area contributed by atoms with Gasteiger partial charge in [-0.25, -0.2) is 8.42 Å². The first-order valence-electron chi connectivity index (χ1n) is 8.41. The maximum atomic E-state index is 12.8. The van der Waals surface area contributed by atoms with Crippen LogP contribution in [0.15, 0.2) is 21.7 Å². The third kappa shape index (κ3) is 3.78. The molecule has 128 valence electrons. The molecule has 0 bridgehead atoms. The highest BCUT2D eigenvalue weighted by Crippen LogP contribution is 2.27. The Morgan fingerprint density at radius 1 is 1.09 bits per heavy atom. The summed E-state index contributed by atoms with van der Waals surface area (Å²) in [6, 6.07) is 3.39. The van der Waals surface area contributed by atoms with E-state index in [2.05, 4.69) is 0 Å². The van der Waals surface area contributed by atoms with Gasteiger partial charge in [-0.3, -0.25) is 4.79 Å². The van der Waals surface area contributed by atoms with Gasteiger partial charge in [0.1, 0.15) is 4.21 Å². The molecule has 3 rings (SSSR count). The molecule has 1 amide bonds. The number of hydrogen-bond donors (Lipinski definition) is 0. The summed E-state index contributed by atoms with van der Waals surface area (Å²) in [6.07, 6.45) is 6.06. The summed E-state index contributed by atoms with van der Waals surface area (Å²) in [5.74, 6) is -0.0328. The van der Waals surface area contributed by atoms with Gasteiger partial charge < -0.3 is 4.90 Å². The van der Waals surface area contributed by atoms with Crippen LogP contribution in [-0.4, -0.2) is 49.7 Å². The Hall–Kier alpha value is -0.920. The second-order valence-corrected chi connectivity index (χ2v) is 9.49. The molecule has 0 aliphatic carbocycles. The summed E-state index contributed by atoms with van der Waals surface area (Å²) in [7, 11) is -3.44. The van der Waals surface area contributed by atoms with Crippen LogP contribution in [-0.2, 0) is 14.8 Å². The van der Waals surface area contributed by atoms with E-state index in [4.69, 9.17) is 0 Å². The van der Waals surface area contributed by atoms with Crippen LogP contribution in [0.4, 0.5) is 0 Å². The van der Waals surface area contributed by atoms with Crippen molar-refractivity contribution in [3.63, 3.8) is 0 Å². The molecular formula is C16H24N2O3S2. The minimum Gasteiger partial charge on any atom is -0.342 e. The number of thiophene rings is 1. The third-order valence-electron chi connectivity index (χ3n) is 4.74. The van der Waals surface area contributed by atoms with E-state index in [1.807, 2.05) is 4.90 Å². The maximum Gasteiger partial charge on any atom is 0.252 e. The van der Waals surface area contributed by atoms with Gasteiger partial charge in [0.05, 0.1) is 5.92 Å². The Morgan fingerprint density at radius 3 is 2.48 bits per heavy atom. The molecule has 23 heavy (non-hydrogen) atoms. The zero-order chi connectivity index (χ0) is 16.3. The van der Waals surface area contributed by atoms with Crippen LogP contribution in [0.5, 0.6) is 0 Å². The number of likely N-dealkylation sites (tertiary alicyclic amines) is 1. The molecule has 3 heterocycles. The number of rotatable bonds is 3. The fourth-order valence-electron chi connectivity index (χ4n) is 3.45. The lowest BCUT2D eigenvalue weighted by Crippen LogP contribution is -2.46. The molecule has 1 atom stereocenters. The molecule has 5 nitrogen and oxygen atoms in total. The number of carbonyl (C=O) groups is 1. The molecule has 0 aromatic carbocycles. The summed E-state index contributed by atoms with van der Waals surface area (Å²) in [4.78, 5) is 14.7. The van der Waals surface area contributed by atoms with Crippen molar-refractivity contribution in [1.82, 2.24) is 9.21 Å². The lowest BCUT2D eigenvalue weighted by Gasteiger charge is -2.33. The van der Waals surface area contributed by atoms with Crippen molar-refractivity contribution < 1.29 is 13.2 Å². The van der Waals surface area contributed by atoms with Crippen molar-refractivity contribution in [2.24, 2.45) is 5.92 Å². The number of carbonyl (C=O) groups excluding carboxylic acids is 1. The molecule has 0 spiro atoms. The molecule has 1 aromatic rings. The van der Waals surface area contributed by atoms with Crippen molar-refractivity contribution in [1.29, 1.82) is 0 Å². The van der Waals surface area contributed by atoms with Crippen LogP contribution in [0.1, 0.15) is 38.5 Å². The molecule has 2 fully saturated rings. The van der Waals surface area contributed by atoms with E-state index in [1.54, 1.807) is 17.5 Å². The number of piperidine rings is 1. The second kappa shape index (κ2) is 7.32. The third-order valence-corrected chi connectivity index (χ3v) is 7.98. The van der Waals surface area contributed by atoms with E-state index in [0.717, 1.165) is 38.8 Å². The lowest BCUT2D eigenvalue weighted by molar-refractivity contribution is -0.136. The van der Waals surface area contributed by atoms with Gasteiger partial charge in [-0.15, -0.1) is 11.3 Å². The maximum absolute atomic E-state index is 12.8. The van der Waals surface area contributed by atoms with E-state index in [0.29, 0.717) is 17.3 Å². The van der Waals surface area contributed by atoms with Crippen LogP contribution in [0, 0.1) is 5.92 Å². The average molecular weight is 357 g/mol. The minimum absolute atomic E-state index is 0.151. The Morgan fingerprint density at radius 2 is 1.83 bits per heavy atom. The largest absolute Gasteiger partial charge is 0.342 e. The fourth-order valence-corrected chi connectivity index (χ4v) is 6.12. The smallest absolute Gasteiger partial charge is 0.252 e. The fraction of sp³-hybridized carbons (Fsp3) is 0.688. The standard InChI is InChI=1S/C16H24N2O3S2/c19-16(17-9-3-1-2-4-10-17)14-7-5-11-18(13-14)23(20,21)15-8-6-12-22-15/h6,8,12,14H,1-5,7,9-11,13H2. The van der Waals surface area contributed by atoms with Crippen LogP contribution in [0.3, 0.4) is 0 Å². The zero-order valence-corrected chi connectivity index (χ0v) is 14.9. The first kappa shape index (κ1) is 16.9. The number of sulfonamides is 1. The van der Waals surface area contributed by atoms with Gasteiger partial charge in [0.25, 0.3) is 10.0 Å². The predicted octanol–water partition coefficient (Wildman–Crippen LogP) is 2.55. The van der Waals surface area contributed by atoms with Gasteiger partial charge in [-0.1, -0.05) is 18.9 Å². The quantitative estimate of drug-likeness (QED) is 0.836. The average Bonchev–Trinajstić information content (AvgIpc) is 2.98. The molecule has 2 aliphatic heterocycles. The van der Waals surface area contributed by atoms with Crippen LogP contribution >= 0.6 is 11.3 Å². The van der Waals surface area contributed by atoms with E-state index < -0.39 is 10.0 Å². The Kier molecular flexibility index (Phi) is 5.38. The van der Waals surface area contributed by atoms with Gasteiger partial charge in [-0.2, -0.15) is 4.31 Å². The highest BCUT2D eigenvalue weighted by Gasteiger charge is 2.35. The van der Waals surface area contributed by atoms with Gasteiger partial charge >= 0.3 is 0 Å². The normalized spacial score (nSPS) is 24.3. The van der Waals surface area contributed by atoms with Crippen LogP contribution < -0.4 is 0 Å². The second-order valence-electron chi connectivity index (χ2n) is 6.37. The molecule has 2 saturated heterocycles. The van der Waals surface area contributed by atoms with Crippen LogP contribution in [0.25, 0.3) is 0 Å². The van der Waals surface area contributed by atoms with Crippen molar-refractivity contribution >= 4 is 27.3 Å². The first-order valence-corrected chi connectivity index (χ1v) is 10.7. The van der Waals surface area contributed by atoms with Gasteiger partial charge in [0.15, 0.2) is 0 Å². The summed E-state index contributed by atoms with van der Waals surface area (Å²) < 4.78 is 27.2. The molecule has 0 N–H and O–H groups in total. The lowest BCUT2D eigenvalue weighted by atomic mass is 9.98. The van der Waals surface area contributed by atoms with E-state index in [1.165, 1.54) is 28.5 Å². The molecule has 1 aromatic heterocycles. The molecule has 1 unspecified atom stereocenters. The minimum atomic E-state index is -3.44. The topological polar surface area (TPSA) is 57.7 Å². The number of hydrogen-bond acceptors (Lipinski definition) is 4. The summed E-state index contributed by atoms with van der Waals surface area (Å²) in [6.45, 7) is 2.50. The SMILES string of the molecule is O=C(C1CCCN(S(=O)(=O)c2cccs2)C1)N1CCCCCC1. The molecule has 2 aliphatic rings. The van der Waals surface area contributed by atoms with E-state index in [-0.39, 0.29) is 11.8 Å². The Balaban J connectivity index is 1.69. The van der Waals surface area contributed by atoms with Gasteiger partial charge in [0.2, 0.25) is 5.91 Å². The van der Waals surface area contributed by atoms with Gasteiger partial charge in [0, 0.05) is 26.2 Å². The molecule has 0 radical (unpaired) electrons. The Bertz CT molecular complexity index is 620. The number of nitrogens with zero attached hydrogens (tertiary/aromatic N) is 2. The highest BCUT2D eigenvalue weighted by molar-refractivity contribution is 7.91. The first-order chi connectivity index (χ1) is 11.1. The summed E-state index contributed by atoms with van der Waals surface area (Å²) in [5.41, 5.74) is 0. The van der Waals surface area contributed by atoms with Crippen molar-refractivity contribution in [3.05, 3.63) is 17.5 Å². The van der Waals surface area contributed by atoms with E-state index >= 15 is 0 Å². The summed E-state index contributed by atoms with van der Waals surface area (Å²) in [5, 5.41) is 1.77. The monoisotopic (exact) mass is 356 g/mol. The zero-order valence-electron chi connectivity index (χ0n) is 13.3. The highest BCUT2D eigenvalue weighted by atomic mass is 32.2. The molecule has 0 saturated carbocycles. The predicted molar refractivity (Wildman–Crippen MR) is 90.8 cm³/mol. The van der Waals surface area contributed by atoms with Crippen molar-refractivity contribution in [2.75, 3.05) is 26.2 Å². The van der Waals surface area contributed by atoms with E-state index in [9.17, 15) is 13.2 Å². The summed E-state index contributed by atoms with van der Waals surface area (Å²) >= 11 is 1.24. The van der Waals surface area contributed by atoms with Crippen molar-refractivity contribution in [3.8, 4) is 0 Å². The van der Waals surface area contributed by atoms with Crippen LogP contribution in [0.2, 0.25) is 0 Å². The molecular weight excluding hydrogens is 332 g/mol. The Labute approximate surface area is 142 Å². The van der Waals surface area contributed by atoms with Crippen molar-refractivity contribution in [2.45, 2.75) is 42.7 Å². The molecule has 7 heteroatoms.